The maximum absolute atomic E-state index is 11.2. The lowest BCUT2D eigenvalue weighted by molar-refractivity contribution is -0.138. The maximum atomic E-state index is 11.2. The number of aliphatic hydroxyl groups excluding tert-OH is 2. The van der Waals surface area contributed by atoms with Crippen LogP contribution in [0.2, 0.25) is 10.0 Å². The molecule has 0 amide bonds. The molecule has 5 atom stereocenters. The van der Waals surface area contributed by atoms with E-state index in [2.05, 4.69) is 15.0 Å². The second-order valence-corrected chi connectivity index (χ2v) is 9.16. The van der Waals surface area contributed by atoms with Crippen LogP contribution in [-0.2, 0) is 16.1 Å². The molecule has 1 fully saturated rings. The molecule has 1 aliphatic rings. The Morgan fingerprint density at radius 1 is 1.20 bits per heavy atom. The fourth-order valence-corrected chi connectivity index (χ4v) is 4.32. The first-order chi connectivity index (χ1) is 16.7. The van der Waals surface area contributed by atoms with E-state index in [1.807, 2.05) is 4.90 Å². The topological polar surface area (TPSA) is 186 Å². The van der Waals surface area contributed by atoms with Crippen LogP contribution in [0.15, 0.2) is 30.9 Å². The number of ether oxygens (including phenoxy) is 1. The van der Waals surface area contributed by atoms with E-state index in [9.17, 15) is 15.0 Å². The maximum Gasteiger partial charge on any atom is 0.320 e. The minimum absolute atomic E-state index is 0.161. The molecule has 3 aromatic rings. The van der Waals surface area contributed by atoms with E-state index in [1.54, 1.807) is 18.2 Å². The molecule has 1 aliphatic heterocycles. The van der Waals surface area contributed by atoms with E-state index in [4.69, 9.17) is 44.5 Å². The average Bonchev–Trinajstić information content (AvgIpc) is 3.37. The number of aliphatic carboxylic acids is 1. The summed E-state index contributed by atoms with van der Waals surface area (Å²) in [7, 11) is 0. The summed E-state index contributed by atoms with van der Waals surface area (Å²) >= 11 is 12.2. The third-order valence-corrected chi connectivity index (χ3v) is 6.64. The SMILES string of the molecule is Nc1ncnc2c1ncn2[C@@H]1O[C@H](CN(CC[C@H](N)C(=O)O)Cc2ccc(Cl)c(Cl)c2)[C@@H](O)[C@H]1O. The Kier molecular flexibility index (Phi) is 7.71. The monoisotopic (exact) mass is 525 g/mol. The molecule has 14 heteroatoms. The number of benzene rings is 1. The third kappa shape index (κ3) is 5.48. The molecule has 0 saturated carbocycles. The summed E-state index contributed by atoms with van der Waals surface area (Å²) in [5.41, 5.74) is 13.1. The van der Waals surface area contributed by atoms with Crippen LogP contribution >= 0.6 is 23.2 Å². The molecule has 0 unspecified atom stereocenters. The van der Waals surface area contributed by atoms with Crippen LogP contribution < -0.4 is 11.5 Å². The number of halogens is 2. The van der Waals surface area contributed by atoms with Crippen molar-refractivity contribution in [3.63, 3.8) is 0 Å². The molecule has 12 nitrogen and oxygen atoms in total. The van der Waals surface area contributed by atoms with Crippen molar-refractivity contribution in [2.45, 2.75) is 43.5 Å². The normalized spacial score (nSPS) is 23.3. The number of imidazole rings is 1. The van der Waals surface area contributed by atoms with E-state index >= 15 is 0 Å². The Morgan fingerprint density at radius 2 is 1.97 bits per heavy atom. The van der Waals surface area contributed by atoms with Crippen molar-refractivity contribution in [2.24, 2.45) is 5.73 Å². The molecule has 1 saturated heterocycles. The van der Waals surface area contributed by atoms with Crippen molar-refractivity contribution >= 4 is 46.2 Å². The average molecular weight is 526 g/mol. The van der Waals surface area contributed by atoms with E-state index in [0.29, 0.717) is 34.3 Å². The molecule has 2 aromatic heterocycles. The zero-order valence-electron chi connectivity index (χ0n) is 18.4. The molecular weight excluding hydrogens is 501 g/mol. The summed E-state index contributed by atoms with van der Waals surface area (Å²) in [5.74, 6) is -0.929. The Balaban J connectivity index is 1.53. The largest absolute Gasteiger partial charge is 0.480 e. The first-order valence-corrected chi connectivity index (χ1v) is 11.5. The van der Waals surface area contributed by atoms with Gasteiger partial charge < -0.3 is 31.5 Å². The molecule has 0 spiro atoms. The molecular formula is C21H25Cl2N7O5. The van der Waals surface area contributed by atoms with Crippen LogP contribution in [0.3, 0.4) is 0 Å². The zero-order chi connectivity index (χ0) is 25.3. The predicted molar refractivity (Wildman–Crippen MR) is 128 cm³/mol. The smallest absolute Gasteiger partial charge is 0.320 e. The van der Waals surface area contributed by atoms with Crippen LogP contribution in [0, 0.1) is 0 Å². The fraction of sp³-hybridized carbons (Fsp3) is 0.429. The number of anilines is 1. The molecule has 3 heterocycles. The van der Waals surface area contributed by atoms with Gasteiger partial charge in [0.1, 0.15) is 36.2 Å². The van der Waals surface area contributed by atoms with Crippen molar-refractivity contribution in [2.75, 3.05) is 18.8 Å². The van der Waals surface area contributed by atoms with Gasteiger partial charge in [0.05, 0.1) is 16.4 Å². The number of carboxylic acids is 1. The van der Waals surface area contributed by atoms with Gasteiger partial charge in [0.2, 0.25) is 0 Å². The summed E-state index contributed by atoms with van der Waals surface area (Å²) in [6.45, 7) is 0.818. The lowest BCUT2D eigenvalue weighted by Gasteiger charge is -2.27. The molecule has 7 N–H and O–H groups in total. The summed E-state index contributed by atoms with van der Waals surface area (Å²) in [5, 5.41) is 31.5. The summed E-state index contributed by atoms with van der Waals surface area (Å²) in [6.07, 6.45) is -1.44. The standard InChI is InChI=1S/C21H25Cl2N7O5/c22-11-2-1-10(5-12(11)23)6-29(4-3-13(24)21(33)34)7-14-16(31)17(32)20(35-14)30-9-28-15-18(25)26-8-27-19(15)30/h1-2,5,8-9,13-14,16-17,20,31-32H,3-4,6-7,24H2,(H,33,34)(H2,25,26,27)/t13-,14+,16+,17+,20+/m0/s1. The van der Waals surface area contributed by atoms with Gasteiger partial charge in [-0.2, -0.15) is 0 Å². The molecule has 35 heavy (non-hydrogen) atoms. The highest BCUT2D eigenvalue weighted by atomic mass is 35.5. The number of nitrogen functional groups attached to an aromatic ring is 1. The number of fused-ring (bicyclic) bond motifs is 1. The number of aliphatic hydroxyl groups is 2. The molecule has 188 valence electrons. The number of hydrogen-bond donors (Lipinski definition) is 5. The number of rotatable bonds is 9. The lowest BCUT2D eigenvalue weighted by atomic mass is 10.1. The van der Waals surface area contributed by atoms with E-state index in [0.717, 1.165) is 5.56 Å². The molecule has 4 rings (SSSR count). The van der Waals surface area contributed by atoms with Gasteiger partial charge >= 0.3 is 5.97 Å². The summed E-state index contributed by atoms with van der Waals surface area (Å²) in [4.78, 5) is 25.3. The van der Waals surface area contributed by atoms with E-state index in [-0.39, 0.29) is 18.8 Å². The molecule has 0 aliphatic carbocycles. The molecule has 0 radical (unpaired) electrons. The van der Waals surface area contributed by atoms with Crippen LogP contribution in [0.25, 0.3) is 11.2 Å². The number of carbonyl (C=O) groups is 1. The second-order valence-electron chi connectivity index (χ2n) is 8.35. The summed E-state index contributed by atoms with van der Waals surface area (Å²) in [6, 6.07) is 4.11. The van der Waals surface area contributed by atoms with Gasteiger partial charge in [0.25, 0.3) is 0 Å². The first kappa shape index (κ1) is 25.5. The Hall–Kier alpha value is -2.58. The van der Waals surface area contributed by atoms with Gasteiger partial charge in [-0.25, -0.2) is 15.0 Å². The van der Waals surface area contributed by atoms with Crippen LogP contribution in [0.5, 0.6) is 0 Å². The van der Waals surface area contributed by atoms with Crippen molar-refractivity contribution in [3.05, 3.63) is 46.5 Å². The highest BCUT2D eigenvalue weighted by Crippen LogP contribution is 2.33. The number of nitrogens with zero attached hydrogens (tertiary/aromatic N) is 5. The van der Waals surface area contributed by atoms with Gasteiger partial charge in [-0.05, 0) is 24.1 Å². The number of hydrogen-bond acceptors (Lipinski definition) is 10. The van der Waals surface area contributed by atoms with Crippen molar-refractivity contribution in [1.29, 1.82) is 0 Å². The van der Waals surface area contributed by atoms with Crippen molar-refractivity contribution in [1.82, 2.24) is 24.4 Å². The predicted octanol–water partition coefficient (Wildman–Crippen LogP) is 0.639. The highest BCUT2D eigenvalue weighted by Gasteiger charge is 2.45. The minimum atomic E-state index is -1.28. The Bertz CT molecular complexity index is 1210. The highest BCUT2D eigenvalue weighted by molar-refractivity contribution is 6.42. The van der Waals surface area contributed by atoms with E-state index < -0.39 is 36.6 Å². The van der Waals surface area contributed by atoms with Crippen molar-refractivity contribution in [3.8, 4) is 0 Å². The fourth-order valence-electron chi connectivity index (χ4n) is 4.00. The second kappa shape index (κ2) is 10.6. The van der Waals surface area contributed by atoms with Crippen LogP contribution in [-0.4, -0.2) is 83.2 Å². The van der Waals surface area contributed by atoms with Gasteiger partial charge in [0, 0.05) is 19.6 Å². The van der Waals surface area contributed by atoms with Gasteiger partial charge in [-0.3, -0.25) is 14.3 Å². The van der Waals surface area contributed by atoms with Crippen LogP contribution in [0.4, 0.5) is 5.82 Å². The first-order valence-electron chi connectivity index (χ1n) is 10.7. The van der Waals surface area contributed by atoms with Gasteiger partial charge in [-0.1, -0.05) is 29.3 Å². The quantitative estimate of drug-likeness (QED) is 0.263. The number of nitrogens with two attached hydrogens (primary N) is 2. The number of carboxylic acid groups (broad SMARTS) is 1. The minimum Gasteiger partial charge on any atom is -0.480 e. The van der Waals surface area contributed by atoms with Gasteiger partial charge in [-0.15, -0.1) is 0 Å². The lowest BCUT2D eigenvalue weighted by Crippen LogP contribution is -2.42. The van der Waals surface area contributed by atoms with Crippen molar-refractivity contribution < 1.29 is 24.9 Å². The number of aromatic nitrogens is 4. The van der Waals surface area contributed by atoms with Gasteiger partial charge in [0.15, 0.2) is 17.7 Å². The third-order valence-electron chi connectivity index (χ3n) is 5.90. The van der Waals surface area contributed by atoms with Crippen LogP contribution in [0.1, 0.15) is 18.2 Å². The summed E-state index contributed by atoms with van der Waals surface area (Å²) < 4.78 is 7.52. The Labute approximate surface area is 210 Å². The zero-order valence-corrected chi connectivity index (χ0v) is 19.9. The molecule has 0 bridgehead atoms. The van der Waals surface area contributed by atoms with E-state index in [1.165, 1.54) is 17.2 Å². The Morgan fingerprint density at radius 3 is 2.69 bits per heavy atom. The molecule has 1 aromatic carbocycles.